The SMILES string of the molecule is CCOc1cccn(CC(=O)c2ccc(F)cc2)c1=O. The van der Waals surface area contributed by atoms with Crippen molar-refractivity contribution in [1.29, 1.82) is 0 Å². The smallest absolute Gasteiger partial charge is 0.293 e. The summed E-state index contributed by atoms with van der Waals surface area (Å²) < 4.78 is 19.3. The number of ether oxygens (including phenoxy) is 1. The van der Waals surface area contributed by atoms with E-state index in [0.717, 1.165) is 0 Å². The van der Waals surface area contributed by atoms with Gasteiger partial charge in [0, 0.05) is 11.8 Å². The van der Waals surface area contributed by atoms with Crippen molar-refractivity contribution in [1.82, 2.24) is 4.57 Å². The van der Waals surface area contributed by atoms with E-state index in [-0.39, 0.29) is 23.6 Å². The number of ketones is 1. The molecule has 0 saturated heterocycles. The van der Waals surface area contributed by atoms with Gasteiger partial charge >= 0.3 is 0 Å². The molecule has 0 fully saturated rings. The molecule has 4 nitrogen and oxygen atoms in total. The van der Waals surface area contributed by atoms with Crippen molar-refractivity contribution in [3.63, 3.8) is 0 Å². The average Bonchev–Trinajstić information content (AvgIpc) is 2.44. The first-order chi connectivity index (χ1) is 9.61. The molecular formula is C15H14FNO3. The molecule has 5 heteroatoms. The van der Waals surface area contributed by atoms with Gasteiger partial charge in [-0.1, -0.05) is 0 Å². The van der Waals surface area contributed by atoms with Crippen LogP contribution in [0.5, 0.6) is 5.75 Å². The monoisotopic (exact) mass is 275 g/mol. The lowest BCUT2D eigenvalue weighted by molar-refractivity contribution is 0.0970. The minimum atomic E-state index is -0.405. The van der Waals surface area contributed by atoms with Crippen LogP contribution in [0.1, 0.15) is 17.3 Å². The maximum atomic E-state index is 12.8. The second-order valence-corrected chi connectivity index (χ2v) is 4.17. The number of benzene rings is 1. The maximum absolute atomic E-state index is 12.8. The Balaban J connectivity index is 2.22. The molecule has 20 heavy (non-hydrogen) atoms. The molecule has 0 spiro atoms. The summed E-state index contributed by atoms with van der Waals surface area (Å²) in [6, 6.07) is 8.43. The summed E-state index contributed by atoms with van der Waals surface area (Å²) in [5, 5.41) is 0. The number of carbonyl (C=O) groups is 1. The largest absolute Gasteiger partial charge is 0.488 e. The number of pyridine rings is 1. The van der Waals surface area contributed by atoms with E-state index in [4.69, 9.17) is 4.74 Å². The highest BCUT2D eigenvalue weighted by Crippen LogP contribution is 2.06. The van der Waals surface area contributed by atoms with Crippen LogP contribution in [-0.2, 0) is 6.54 Å². The average molecular weight is 275 g/mol. The molecule has 0 bridgehead atoms. The Labute approximate surface area is 115 Å². The summed E-state index contributed by atoms with van der Waals surface area (Å²) in [4.78, 5) is 24.0. The second-order valence-electron chi connectivity index (χ2n) is 4.17. The Bertz CT molecular complexity index is 662. The highest BCUT2D eigenvalue weighted by atomic mass is 19.1. The number of Topliss-reactive ketones (excluding diaryl/α,β-unsaturated/α-hetero) is 1. The highest BCUT2D eigenvalue weighted by Gasteiger charge is 2.10. The number of hydrogen-bond donors (Lipinski definition) is 0. The molecule has 2 aromatic rings. The van der Waals surface area contributed by atoms with Crippen molar-refractivity contribution in [2.75, 3.05) is 6.61 Å². The molecule has 2 rings (SSSR count). The maximum Gasteiger partial charge on any atom is 0.293 e. The summed E-state index contributed by atoms with van der Waals surface area (Å²) in [5.74, 6) is -0.459. The van der Waals surface area contributed by atoms with Crippen LogP contribution in [0.25, 0.3) is 0 Å². The van der Waals surface area contributed by atoms with Crippen LogP contribution < -0.4 is 10.3 Å². The number of hydrogen-bond acceptors (Lipinski definition) is 3. The van der Waals surface area contributed by atoms with Gasteiger partial charge < -0.3 is 9.30 Å². The van der Waals surface area contributed by atoms with Gasteiger partial charge in [0.2, 0.25) is 0 Å². The van der Waals surface area contributed by atoms with E-state index in [9.17, 15) is 14.0 Å². The number of carbonyl (C=O) groups excluding carboxylic acids is 1. The van der Waals surface area contributed by atoms with Crippen molar-refractivity contribution >= 4 is 5.78 Å². The molecule has 0 radical (unpaired) electrons. The molecule has 0 aliphatic heterocycles. The van der Waals surface area contributed by atoms with E-state index in [1.54, 1.807) is 19.1 Å². The molecule has 0 aliphatic rings. The van der Waals surface area contributed by atoms with Crippen molar-refractivity contribution in [3.05, 3.63) is 64.3 Å². The highest BCUT2D eigenvalue weighted by molar-refractivity contribution is 5.95. The van der Waals surface area contributed by atoms with Gasteiger partial charge in [0.15, 0.2) is 11.5 Å². The molecule has 1 aromatic heterocycles. The third-order valence-electron chi connectivity index (χ3n) is 2.77. The van der Waals surface area contributed by atoms with E-state index < -0.39 is 5.82 Å². The fourth-order valence-electron chi connectivity index (χ4n) is 1.79. The Morgan fingerprint density at radius 2 is 1.95 bits per heavy atom. The summed E-state index contributed by atoms with van der Waals surface area (Å²) in [6.45, 7) is 2.05. The zero-order chi connectivity index (χ0) is 14.5. The van der Waals surface area contributed by atoms with E-state index >= 15 is 0 Å². The molecule has 1 aromatic carbocycles. The fourth-order valence-corrected chi connectivity index (χ4v) is 1.79. The predicted octanol–water partition coefficient (Wildman–Crippen LogP) is 2.27. The predicted molar refractivity (Wildman–Crippen MR) is 72.6 cm³/mol. The number of halogens is 1. The summed E-state index contributed by atoms with van der Waals surface area (Å²) >= 11 is 0. The Morgan fingerprint density at radius 1 is 1.25 bits per heavy atom. The lowest BCUT2D eigenvalue weighted by Gasteiger charge is -2.08. The first kappa shape index (κ1) is 14.0. The minimum Gasteiger partial charge on any atom is -0.488 e. The van der Waals surface area contributed by atoms with E-state index in [1.807, 2.05) is 0 Å². The molecule has 1 heterocycles. The first-order valence-electron chi connectivity index (χ1n) is 6.23. The first-order valence-corrected chi connectivity index (χ1v) is 6.23. The van der Waals surface area contributed by atoms with Crippen LogP contribution in [0.3, 0.4) is 0 Å². The van der Waals surface area contributed by atoms with Gasteiger partial charge in [-0.05, 0) is 43.3 Å². The quantitative estimate of drug-likeness (QED) is 0.786. The molecule has 0 N–H and O–H groups in total. The third kappa shape index (κ3) is 3.12. The second kappa shape index (κ2) is 6.14. The Hall–Kier alpha value is -2.43. The number of rotatable bonds is 5. The Kier molecular flexibility index (Phi) is 4.30. The van der Waals surface area contributed by atoms with Crippen molar-refractivity contribution < 1.29 is 13.9 Å². The third-order valence-corrected chi connectivity index (χ3v) is 2.77. The standard InChI is InChI=1S/C15H14FNO3/c1-2-20-14-4-3-9-17(15(14)19)10-13(18)11-5-7-12(16)8-6-11/h3-9H,2,10H2,1H3. The fraction of sp³-hybridized carbons (Fsp3) is 0.200. The van der Waals surface area contributed by atoms with Crippen molar-refractivity contribution in [2.24, 2.45) is 0 Å². The summed E-state index contributed by atoms with van der Waals surface area (Å²) in [6.07, 6.45) is 1.52. The molecule has 0 atom stereocenters. The molecule has 0 amide bonds. The van der Waals surface area contributed by atoms with Crippen LogP contribution in [-0.4, -0.2) is 17.0 Å². The van der Waals surface area contributed by atoms with Gasteiger partial charge in [-0.3, -0.25) is 9.59 Å². The van der Waals surface area contributed by atoms with Gasteiger partial charge in [0.05, 0.1) is 13.2 Å². The zero-order valence-corrected chi connectivity index (χ0v) is 11.0. The van der Waals surface area contributed by atoms with E-state index in [0.29, 0.717) is 12.2 Å². The number of nitrogens with zero attached hydrogens (tertiary/aromatic N) is 1. The summed E-state index contributed by atoms with van der Waals surface area (Å²) in [7, 11) is 0. The molecule has 0 unspecified atom stereocenters. The van der Waals surface area contributed by atoms with Crippen LogP contribution in [0.15, 0.2) is 47.4 Å². The van der Waals surface area contributed by atoms with Gasteiger partial charge in [-0.2, -0.15) is 0 Å². The topological polar surface area (TPSA) is 48.3 Å². The molecule has 104 valence electrons. The van der Waals surface area contributed by atoms with Gasteiger partial charge in [0.1, 0.15) is 5.82 Å². The van der Waals surface area contributed by atoms with Gasteiger partial charge in [-0.15, -0.1) is 0 Å². The van der Waals surface area contributed by atoms with Crippen molar-refractivity contribution in [2.45, 2.75) is 13.5 Å². The number of aromatic nitrogens is 1. The van der Waals surface area contributed by atoms with Crippen LogP contribution in [0.2, 0.25) is 0 Å². The van der Waals surface area contributed by atoms with E-state index in [2.05, 4.69) is 0 Å². The van der Waals surface area contributed by atoms with Crippen molar-refractivity contribution in [3.8, 4) is 5.75 Å². The molecule has 0 aliphatic carbocycles. The van der Waals surface area contributed by atoms with Gasteiger partial charge in [-0.25, -0.2) is 4.39 Å². The lowest BCUT2D eigenvalue weighted by Crippen LogP contribution is -2.25. The Morgan fingerprint density at radius 3 is 2.60 bits per heavy atom. The van der Waals surface area contributed by atoms with Crippen LogP contribution in [0.4, 0.5) is 4.39 Å². The minimum absolute atomic E-state index is 0.106. The molecule has 0 saturated carbocycles. The normalized spacial score (nSPS) is 10.3. The van der Waals surface area contributed by atoms with Gasteiger partial charge in [0.25, 0.3) is 5.56 Å². The van der Waals surface area contributed by atoms with Crippen LogP contribution in [0, 0.1) is 5.82 Å². The zero-order valence-electron chi connectivity index (χ0n) is 11.0. The molecular weight excluding hydrogens is 261 g/mol. The summed E-state index contributed by atoms with van der Waals surface area (Å²) in [5.41, 5.74) is 0.00456. The van der Waals surface area contributed by atoms with E-state index in [1.165, 1.54) is 35.0 Å². The van der Waals surface area contributed by atoms with Crippen LogP contribution >= 0.6 is 0 Å². The lowest BCUT2D eigenvalue weighted by atomic mass is 10.1.